The Morgan fingerprint density at radius 1 is 1.59 bits per heavy atom. The smallest absolute Gasteiger partial charge is 0.146 e. The molecule has 2 rings (SSSR count). The number of nitrogens with zero attached hydrogens (tertiary/aromatic N) is 1. The number of likely N-dealkylation sites (N-methyl/N-ethyl adjacent to an activating group) is 1. The van der Waals surface area contributed by atoms with Gasteiger partial charge in [-0.25, -0.2) is 4.39 Å². The van der Waals surface area contributed by atoms with Gasteiger partial charge in [0.15, 0.2) is 0 Å². The largest absolute Gasteiger partial charge is 0.374 e. The topological polar surface area (TPSA) is 38.5 Å². The lowest BCUT2D eigenvalue weighted by Gasteiger charge is -2.39. The van der Waals surface area contributed by atoms with E-state index in [1.165, 1.54) is 0 Å². The summed E-state index contributed by atoms with van der Waals surface area (Å²) in [6.07, 6.45) is -0.193. The first-order valence-corrected chi connectivity index (χ1v) is 5.98. The van der Waals surface area contributed by atoms with Crippen LogP contribution in [0.4, 0.5) is 4.39 Å². The van der Waals surface area contributed by atoms with Crippen molar-refractivity contribution in [3.8, 4) is 0 Å². The van der Waals surface area contributed by atoms with Crippen molar-refractivity contribution in [3.05, 3.63) is 34.6 Å². The number of halogens is 2. The minimum absolute atomic E-state index is 0.136. The molecule has 0 aliphatic carbocycles. The van der Waals surface area contributed by atoms with E-state index >= 15 is 0 Å². The first kappa shape index (κ1) is 12.8. The highest BCUT2D eigenvalue weighted by Crippen LogP contribution is 2.32. The fourth-order valence-corrected chi connectivity index (χ4v) is 2.43. The second kappa shape index (κ2) is 5.31. The Balaban J connectivity index is 2.38. The maximum Gasteiger partial charge on any atom is 0.146 e. The second-order valence-corrected chi connectivity index (χ2v) is 4.62. The number of rotatable bonds is 2. The fraction of sp³-hybridized carbons (Fsp3) is 0.500. The Kier molecular flexibility index (Phi) is 3.99. The molecule has 1 saturated heterocycles. The lowest BCUT2D eigenvalue weighted by molar-refractivity contribution is -0.0586. The fourth-order valence-electron chi connectivity index (χ4n) is 2.25. The van der Waals surface area contributed by atoms with Gasteiger partial charge >= 0.3 is 0 Å². The van der Waals surface area contributed by atoms with E-state index in [1.54, 1.807) is 18.2 Å². The third-order valence-electron chi connectivity index (χ3n) is 3.14. The molecule has 17 heavy (non-hydrogen) atoms. The maximum absolute atomic E-state index is 14.0. The minimum atomic E-state index is -0.380. The molecule has 0 spiro atoms. The monoisotopic (exact) mass is 258 g/mol. The Bertz CT molecular complexity index is 402. The number of hydrogen-bond donors (Lipinski definition) is 1. The van der Waals surface area contributed by atoms with Crippen LogP contribution in [0, 0.1) is 5.82 Å². The van der Waals surface area contributed by atoms with Crippen molar-refractivity contribution < 1.29 is 9.13 Å². The van der Waals surface area contributed by atoms with Crippen molar-refractivity contribution in [1.82, 2.24) is 4.90 Å². The number of benzene rings is 1. The first-order chi connectivity index (χ1) is 8.15. The Morgan fingerprint density at radius 3 is 3.06 bits per heavy atom. The molecule has 2 N–H and O–H groups in total. The number of hydrogen-bond acceptors (Lipinski definition) is 3. The molecule has 1 aromatic carbocycles. The molecule has 0 saturated carbocycles. The quantitative estimate of drug-likeness (QED) is 0.879. The summed E-state index contributed by atoms with van der Waals surface area (Å²) in [5.74, 6) is -0.380. The average Bonchev–Trinajstić information content (AvgIpc) is 2.33. The zero-order valence-corrected chi connectivity index (χ0v) is 10.5. The van der Waals surface area contributed by atoms with E-state index in [-0.39, 0.29) is 23.0 Å². The number of nitrogens with two attached hydrogens (primary N) is 1. The molecule has 0 bridgehead atoms. The highest BCUT2D eigenvalue weighted by molar-refractivity contribution is 6.30. The van der Waals surface area contributed by atoms with Crippen LogP contribution in [0.5, 0.6) is 0 Å². The van der Waals surface area contributed by atoms with Crippen molar-refractivity contribution in [2.24, 2.45) is 5.73 Å². The molecule has 2 unspecified atom stereocenters. The van der Waals surface area contributed by atoms with Gasteiger partial charge in [0.25, 0.3) is 0 Å². The Morgan fingerprint density at radius 2 is 2.35 bits per heavy atom. The van der Waals surface area contributed by atoms with E-state index in [1.807, 2.05) is 7.05 Å². The molecule has 1 aliphatic rings. The molecule has 1 heterocycles. The summed E-state index contributed by atoms with van der Waals surface area (Å²) in [5.41, 5.74) is 6.23. The maximum atomic E-state index is 14.0. The van der Waals surface area contributed by atoms with Crippen molar-refractivity contribution in [2.75, 3.05) is 26.7 Å². The van der Waals surface area contributed by atoms with Gasteiger partial charge in [-0.05, 0) is 13.1 Å². The molecule has 5 heteroatoms. The molecule has 1 aliphatic heterocycles. The molecule has 0 aromatic heterocycles. The summed E-state index contributed by atoms with van der Waals surface area (Å²) in [6, 6.07) is 4.85. The van der Waals surface area contributed by atoms with Gasteiger partial charge in [0.1, 0.15) is 5.82 Å². The van der Waals surface area contributed by atoms with Crippen LogP contribution in [0.3, 0.4) is 0 Å². The van der Waals surface area contributed by atoms with Crippen LogP contribution in [0.25, 0.3) is 0 Å². The van der Waals surface area contributed by atoms with Crippen molar-refractivity contribution >= 4 is 11.6 Å². The lowest BCUT2D eigenvalue weighted by atomic mass is 9.98. The van der Waals surface area contributed by atoms with Crippen LogP contribution < -0.4 is 5.73 Å². The summed E-state index contributed by atoms with van der Waals surface area (Å²) in [7, 11) is 1.94. The van der Waals surface area contributed by atoms with E-state index in [2.05, 4.69) is 4.90 Å². The predicted molar refractivity (Wildman–Crippen MR) is 65.6 cm³/mol. The molecular weight excluding hydrogens is 243 g/mol. The van der Waals surface area contributed by atoms with Crippen LogP contribution in [-0.2, 0) is 4.74 Å². The van der Waals surface area contributed by atoms with E-state index in [0.717, 1.165) is 6.54 Å². The standard InChI is InChI=1S/C12H16ClFN2O/c1-16-5-6-17-10(7-15)12(16)8-3-2-4-9(13)11(8)14/h2-4,10,12H,5-7,15H2,1H3. The van der Waals surface area contributed by atoms with Crippen molar-refractivity contribution in [2.45, 2.75) is 12.1 Å². The normalized spacial score (nSPS) is 26.1. The van der Waals surface area contributed by atoms with E-state index in [0.29, 0.717) is 18.7 Å². The van der Waals surface area contributed by atoms with Gasteiger partial charge in [0.05, 0.1) is 23.8 Å². The Labute approximate surface area is 105 Å². The first-order valence-electron chi connectivity index (χ1n) is 5.61. The highest BCUT2D eigenvalue weighted by Gasteiger charge is 2.32. The molecule has 3 nitrogen and oxygen atoms in total. The Hall–Kier alpha value is -0.680. The van der Waals surface area contributed by atoms with Crippen molar-refractivity contribution in [3.63, 3.8) is 0 Å². The van der Waals surface area contributed by atoms with Crippen LogP contribution in [0.2, 0.25) is 5.02 Å². The summed E-state index contributed by atoms with van der Waals surface area (Å²) >= 11 is 5.81. The van der Waals surface area contributed by atoms with E-state index in [4.69, 9.17) is 22.1 Å². The molecular formula is C12H16ClFN2O. The molecule has 0 amide bonds. The van der Waals surface area contributed by atoms with Crippen LogP contribution in [0.1, 0.15) is 11.6 Å². The average molecular weight is 259 g/mol. The van der Waals surface area contributed by atoms with Gasteiger partial charge in [0.2, 0.25) is 0 Å². The summed E-state index contributed by atoms with van der Waals surface area (Å²) < 4.78 is 19.6. The van der Waals surface area contributed by atoms with Gasteiger partial charge < -0.3 is 10.5 Å². The molecule has 1 fully saturated rings. The zero-order chi connectivity index (χ0) is 12.4. The van der Waals surface area contributed by atoms with E-state index in [9.17, 15) is 4.39 Å². The molecule has 94 valence electrons. The van der Waals surface area contributed by atoms with Gasteiger partial charge in [0, 0.05) is 18.7 Å². The lowest BCUT2D eigenvalue weighted by Crippen LogP contribution is -2.46. The van der Waals surface area contributed by atoms with Crippen LogP contribution in [-0.4, -0.2) is 37.7 Å². The molecule has 0 radical (unpaired) electrons. The molecule has 1 aromatic rings. The predicted octanol–water partition coefficient (Wildman–Crippen LogP) is 1.81. The summed E-state index contributed by atoms with van der Waals surface area (Å²) in [5, 5.41) is 0.136. The number of morpholine rings is 1. The van der Waals surface area contributed by atoms with Gasteiger partial charge in [-0.3, -0.25) is 4.90 Å². The van der Waals surface area contributed by atoms with Gasteiger partial charge in [-0.2, -0.15) is 0 Å². The number of ether oxygens (including phenoxy) is 1. The SMILES string of the molecule is CN1CCOC(CN)C1c1cccc(Cl)c1F. The summed E-state index contributed by atoms with van der Waals surface area (Å²) in [4.78, 5) is 2.05. The second-order valence-electron chi connectivity index (χ2n) is 4.21. The van der Waals surface area contributed by atoms with Gasteiger partial charge in [-0.1, -0.05) is 23.7 Å². The highest BCUT2D eigenvalue weighted by atomic mass is 35.5. The zero-order valence-electron chi connectivity index (χ0n) is 9.70. The van der Waals surface area contributed by atoms with E-state index < -0.39 is 0 Å². The van der Waals surface area contributed by atoms with Crippen LogP contribution >= 0.6 is 11.6 Å². The summed E-state index contributed by atoms with van der Waals surface area (Å²) in [6.45, 7) is 1.74. The van der Waals surface area contributed by atoms with Crippen LogP contribution in [0.15, 0.2) is 18.2 Å². The van der Waals surface area contributed by atoms with Crippen molar-refractivity contribution in [1.29, 1.82) is 0 Å². The molecule has 2 atom stereocenters. The van der Waals surface area contributed by atoms with Gasteiger partial charge in [-0.15, -0.1) is 0 Å². The third-order valence-corrected chi connectivity index (χ3v) is 3.43. The third kappa shape index (κ3) is 2.45. The minimum Gasteiger partial charge on any atom is -0.374 e.